The topological polar surface area (TPSA) is 122 Å². The summed E-state index contributed by atoms with van der Waals surface area (Å²) in [7, 11) is 0. The highest BCUT2D eigenvalue weighted by atomic mass is 16.4. The molecule has 24 heavy (non-hydrogen) atoms. The number of nitrogens with zero attached hydrogens (tertiary/aromatic N) is 1. The molecule has 0 bridgehead atoms. The van der Waals surface area contributed by atoms with Crippen LogP contribution in [0.5, 0.6) is 0 Å². The Bertz CT molecular complexity index is 754. The van der Waals surface area contributed by atoms with Crippen molar-refractivity contribution in [1.82, 2.24) is 15.6 Å². The Hall–Kier alpha value is -3.16. The molecule has 0 saturated heterocycles. The summed E-state index contributed by atoms with van der Waals surface area (Å²) in [5, 5.41) is 14.2. The molecular formula is C16H17N3O5. The van der Waals surface area contributed by atoms with E-state index in [0.717, 1.165) is 5.56 Å². The van der Waals surface area contributed by atoms with E-state index in [1.54, 1.807) is 13.0 Å². The zero-order chi connectivity index (χ0) is 17.5. The zero-order valence-electron chi connectivity index (χ0n) is 13.0. The summed E-state index contributed by atoms with van der Waals surface area (Å²) in [5.41, 5.74) is 0.786. The molecule has 2 rings (SSSR count). The van der Waals surface area contributed by atoms with Crippen LogP contribution in [0, 0.1) is 6.92 Å². The van der Waals surface area contributed by atoms with Crippen molar-refractivity contribution in [1.29, 1.82) is 0 Å². The van der Waals surface area contributed by atoms with Crippen LogP contribution in [0.15, 0.2) is 35.1 Å². The quantitative estimate of drug-likeness (QED) is 0.656. The van der Waals surface area contributed by atoms with Crippen molar-refractivity contribution in [2.45, 2.75) is 13.3 Å². The fourth-order valence-corrected chi connectivity index (χ4v) is 1.97. The SMILES string of the molecule is Cc1ccoc1C(=O)NCCCNC(=O)c1ccnc(C(=O)O)c1. The summed E-state index contributed by atoms with van der Waals surface area (Å²) in [6.07, 6.45) is 3.24. The van der Waals surface area contributed by atoms with Gasteiger partial charge in [-0.15, -0.1) is 0 Å². The maximum atomic E-state index is 11.9. The predicted molar refractivity (Wildman–Crippen MR) is 83.9 cm³/mol. The highest BCUT2D eigenvalue weighted by Crippen LogP contribution is 2.07. The molecule has 2 aromatic heterocycles. The van der Waals surface area contributed by atoms with Crippen molar-refractivity contribution in [3.8, 4) is 0 Å². The number of pyridine rings is 1. The van der Waals surface area contributed by atoms with Gasteiger partial charge in [0.05, 0.1) is 6.26 Å². The van der Waals surface area contributed by atoms with E-state index >= 15 is 0 Å². The first kappa shape index (κ1) is 17.2. The number of nitrogens with one attached hydrogen (secondary N) is 2. The summed E-state index contributed by atoms with van der Waals surface area (Å²) in [5.74, 6) is -1.62. The Kier molecular flexibility index (Phi) is 5.67. The van der Waals surface area contributed by atoms with Crippen LogP contribution in [-0.2, 0) is 0 Å². The molecule has 8 heteroatoms. The summed E-state index contributed by atoms with van der Waals surface area (Å²) in [6.45, 7) is 2.48. The van der Waals surface area contributed by atoms with Crippen LogP contribution < -0.4 is 10.6 Å². The number of aryl methyl sites for hydroxylation is 1. The molecule has 2 aromatic rings. The van der Waals surface area contributed by atoms with E-state index in [9.17, 15) is 14.4 Å². The number of carbonyl (C=O) groups excluding carboxylic acids is 2. The molecule has 8 nitrogen and oxygen atoms in total. The van der Waals surface area contributed by atoms with Crippen LogP contribution >= 0.6 is 0 Å². The number of rotatable bonds is 7. The molecule has 0 aliphatic carbocycles. The van der Waals surface area contributed by atoms with Crippen LogP contribution in [0.25, 0.3) is 0 Å². The molecule has 0 aliphatic rings. The summed E-state index contributed by atoms with van der Waals surface area (Å²) in [6, 6.07) is 4.34. The van der Waals surface area contributed by atoms with Gasteiger partial charge >= 0.3 is 5.97 Å². The van der Waals surface area contributed by atoms with E-state index in [-0.39, 0.29) is 22.9 Å². The number of amides is 2. The molecule has 0 saturated carbocycles. The largest absolute Gasteiger partial charge is 0.477 e. The predicted octanol–water partition coefficient (Wildman–Crippen LogP) is 1.23. The number of carboxylic acids is 1. The van der Waals surface area contributed by atoms with Crippen LogP contribution in [0.4, 0.5) is 0 Å². The summed E-state index contributed by atoms with van der Waals surface area (Å²) in [4.78, 5) is 38.2. The monoisotopic (exact) mass is 331 g/mol. The molecular weight excluding hydrogens is 314 g/mol. The van der Waals surface area contributed by atoms with Crippen molar-refractivity contribution in [2.24, 2.45) is 0 Å². The highest BCUT2D eigenvalue weighted by Gasteiger charge is 2.12. The number of carbonyl (C=O) groups is 3. The van der Waals surface area contributed by atoms with E-state index in [2.05, 4.69) is 15.6 Å². The number of hydrogen-bond donors (Lipinski definition) is 3. The van der Waals surface area contributed by atoms with Crippen molar-refractivity contribution < 1.29 is 23.9 Å². The van der Waals surface area contributed by atoms with Gasteiger partial charge in [0, 0.05) is 30.4 Å². The normalized spacial score (nSPS) is 10.2. The average molecular weight is 331 g/mol. The molecule has 0 radical (unpaired) electrons. The van der Waals surface area contributed by atoms with Crippen LogP contribution in [0.3, 0.4) is 0 Å². The minimum absolute atomic E-state index is 0.191. The number of aromatic nitrogens is 1. The minimum atomic E-state index is -1.19. The maximum Gasteiger partial charge on any atom is 0.354 e. The Morgan fingerprint density at radius 3 is 2.50 bits per heavy atom. The summed E-state index contributed by atoms with van der Waals surface area (Å²) >= 11 is 0. The number of carboxylic acid groups (broad SMARTS) is 1. The average Bonchev–Trinajstić information content (AvgIpc) is 3.00. The van der Waals surface area contributed by atoms with Gasteiger partial charge in [-0.05, 0) is 31.5 Å². The molecule has 126 valence electrons. The van der Waals surface area contributed by atoms with Crippen LogP contribution in [0.1, 0.15) is 43.4 Å². The molecule has 3 N–H and O–H groups in total. The number of hydrogen-bond acceptors (Lipinski definition) is 5. The fourth-order valence-electron chi connectivity index (χ4n) is 1.97. The number of aromatic carboxylic acids is 1. The van der Waals surface area contributed by atoms with Gasteiger partial charge < -0.3 is 20.2 Å². The third kappa shape index (κ3) is 4.42. The van der Waals surface area contributed by atoms with E-state index in [4.69, 9.17) is 9.52 Å². The maximum absolute atomic E-state index is 11.9. The first-order chi connectivity index (χ1) is 11.5. The van der Waals surface area contributed by atoms with E-state index in [1.807, 2.05) is 0 Å². The lowest BCUT2D eigenvalue weighted by Crippen LogP contribution is -2.30. The van der Waals surface area contributed by atoms with Crippen molar-refractivity contribution in [3.63, 3.8) is 0 Å². The van der Waals surface area contributed by atoms with Gasteiger partial charge in [-0.25, -0.2) is 9.78 Å². The highest BCUT2D eigenvalue weighted by molar-refractivity contribution is 5.96. The molecule has 0 spiro atoms. The Morgan fingerprint density at radius 1 is 1.17 bits per heavy atom. The van der Waals surface area contributed by atoms with Gasteiger partial charge in [0.25, 0.3) is 11.8 Å². The molecule has 2 heterocycles. The second kappa shape index (κ2) is 7.91. The van der Waals surface area contributed by atoms with E-state index < -0.39 is 11.9 Å². The van der Waals surface area contributed by atoms with E-state index in [1.165, 1.54) is 24.6 Å². The zero-order valence-corrected chi connectivity index (χ0v) is 13.0. The second-order valence-corrected chi connectivity index (χ2v) is 5.03. The van der Waals surface area contributed by atoms with E-state index in [0.29, 0.717) is 19.5 Å². The molecule has 0 fully saturated rings. The Balaban J connectivity index is 1.73. The van der Waals surface area contributed by atoms with Gasteiger partial charge in [-0.3, -0.25) is 9.59 Å². The standard InChI is InChI=1S/C16H17N3O5/c1-10-4-8-24-13(10)15(21)19-6-2-5-18-14(20)11-3-7-17-12(9-11)16(22)23/h3-4,7-9H,2,5-6H2,1H3,(H,18,20)(H,19,21)(H,22,23). The fraction of sp³-hybridized carbons (Fsp3) is 0.250. The minimum Gasteiger partial charge on any atom is -0.477 e. The van der Waals surface area contributed by atoms with Crippen LogP contribution in [-0.4, -0.2) is 41.0 Å². The molecule has 2 amide bonds. The first-order valence-corrected chi connectivity index (χ1v) is 7.29. The molecule has 0 atom stereocenters. The third-order valence-electron chi connectivity index (χ3n) is 3.23. The second-order valence-electron chi connectivity index (χ2n) is 5.03. The van der Waals surface area contributed by atoms with Crippen molar-refractivity contribution in [2.75, 3.05) is 13.1 Å². The molecule has 0 aromatic carbocycles. The number of furan rings is 1. The lowest BCUT2D eigenvalue weighted by Gasteiger charge is -2.07. The molecule has 0 aliphatic heterocycles. The first-order valence-electron chi connectivity index (χ1n) is 7.29. The summed E-state index contributed by atoms with van der Waals surface area (Å²) < 4.78 is 5.07. The van der Waals surface area contributed by atoms with Gasteiger partial charge in [-0.1, -0.05) is 0 Å². The van der Waals surface area contributed by atoms with Gasteiger partial charge in [-0.2, -0.15) is 0 Å². The van der Waals surface area contributed by atoms with Crippen molar-refractivity contribution >= 4 is 17.8 Å². The molecule has 0 unspecified atom stereocenters. The lowest BCUT2D eigenvalue weighted by atomic mass is 10.2. The Morgan fingerprint density at radius 2 is 1.88 bits per heavy atom. The van der Waals surface area contributed by atoms with Crippen molar-refractivity contribution in [3.05, 3.63) is 53.2 Å². The Labute approximate surface area is 137 Å². The lowest BCUT2D eigenvalue weighted by molar-refractivity contribution is 0.0690. The van der Waals surface area contributed by atoms with Gasteiger partial charge in [0.1, 0.15) is 5.69 Å². The van der Waals surface area contributed by atoms with Gasteiger partial charge in [0.15, 0.2) is 5.76 Å². The third-order valence-corrected chi connectivity index (χ3v) is 3.23. The smallest absolute Gasteiger partial charge is 0.354 e. The van der Waals surface area contributed by atoms with Crippen LogP contribution in [0.2, 0.25) is 0 Å². The van der Waals surface area contributed by atoms with Gasteiger partial charge in [0.2, 0.25) is 0 Å².